The minimum absolute atomic E-state index is 0.899. The fraction of sp³-hybridized carbons (Fsp3) is 0. The zero-order chi connectivity index (χ0) is 25.5. The van der Waals surface area contributed by atoms with Gasteiger partial charge < -0.3 is 13.6 Å². The summed E-state index contributed by atoms with van der Waals surface area (Å²) in [5, 5.41) is 6.98. The lowest BCUT2D eigenvalue weighted by atomic mass is 10.0. The molecule has 4 heteroatoms. The van der Waals surface area contributed by atoms with E-state index < -0.39 is 0 Å². The molecule has 39 heavy (non-hydrogen) atoms. The predicted octanol–water partition coefficient (Wildman–Crippen LogP) is 9.18. The van der Waals surface area contributed by atoms with Crippen molar-refractivity contribution in [3.05, 3.63) is 128 Å². The van der Waals surface area contributed by atoms with Crippen molar-refractivity contribution in [2.24, 2.45) is 0 Å². The molecule has 0 aliphatic rings. The highest BCUT2D eigenvalue weighted by molar-refractivity contribution is 6.39. The van der Waals surface area contributed by atoms with Crippen LogP contribution in [0.3, 0.4) is 0 Å². The minimum atomic E-state index is 0.899. The van der Waals surface area contributed by atoms with Crippen molar-refractivity contribution in [3.63, 3.8) is 0 Å². The zero-order valence-corrected chi connectivity index (χ0v) is 20.9. The molecule has 4 aromatic heterocycles. The molecule has 9 aromatic rings. The first-order valence-electron chi connectivity index (χ1n) is 13.2. The van der Waals surface area contributed by atoms with Gasteiger partial charge in [0, 0.05) is 38.8 Å². The van der Waals surface area contributed by atoms with E-state index in [1.807, 2.05) is 24.5 Å². The largest absolute Gasteiger partial charge is 0.455 e. The van der Waals surface area contributed by atoms with Crippen LogP contribution < -0.4 is 0 Å². The number of nitrogens with zero attached hydrogens (tertiary/aromatic N) is 3. The normalized spacial score (nSPS) is 12.1. The van der Waals surface area contributed by atoms with E-state index in [1.165, 1.54) is 16.3 Å². The molecule has 0 fully saturated rings. The number of pyridine rings is 1. The van der Waals surface area contributed by atoms with Crippen molar-refractivity contribution in [3.8, 4) is 11.4 Å². The Labute approximate surface area is 222 Å². The fourth-order valence-corrected chi connectivity index (χ4v) is 6.48. The number of furan rings is 1. The smallest absolute Gasteiger partial charge is 0.146 e. The predicted molar refractivity (Wildman–Crippen MR) is 160 cm³/mol. The van der Waals surface area contributed by atoms with Gasteiger partial charge in [0.05, 0.1) is 39.3 Å². The van der Waals surface area contributed by atoms with E-state index in [0.717, 1.165) is 60.6 Å². The summed E-state index contributed by atoms with van der Waals surface area (Å²) in [5.74, 6) is 0. The molecular formula is C35H21N3O. The van der Waals surface area contributed by atoms with Crippen LogP contribution in [0.5, 0.6) is 0 Å². The summed E-state index contributed by atoms with van der Waals surface area (Å²) in [6.45, 7) is 0. The van der Waals surface area contributed by atoms with Gasteiger partial charge in [0.25, 0.3) is 0 Å². The summed E-state index contributed by atoms with van der Waals surface area (Å²) >= 11 is 0. The Bertz CT molecular complexity index is 2370. The number of benzene rings is 5. The molecule has 182 valence electrons. The molecule has 0 saturated heterocycles. The number of para-hydroxylation sites is 4. The molecule has 0 spiro atoms. The maximum absolute atomic E-state index is 6.76. The minimum Gasteiger partial charge on any atom is -0.455 e. The molecule has 0 aliphatic heterocycles. The molecule has 0 aliphatic carbocycles. The Balaban J connectivity index is 1.71. The highest BCUT2D eigenvalue weighted by Crippen LogP contribution is 2.49. The second-order valence-corrected chi connectivity index (χ2v) is 10.0. The summed E-state index contributed by atoms with van der Waals surface area (Å²) in [5.41, 5.74) is 8.54. The molecule has 0 N–H and O–H groups in total. The van der Waals surface area contributed by atoms with Crippen molar-refractivity contribution in [1.82, 2.24) is 14.1 Å². The van der Waals surface area contributed by atoms with Crippen LogP contribution in [-0.2, 0) is 0 Å². The lowest BCUT2D eigenvalue weighted by molar-refractivity contribution is 0.673. The van der Waals surface area contributed by atoms with Crippen LogP contribution >= 0.6 is 0 Å². The molecule has 0 radical (unpaired) electrons. The van der Waals surface area contributed by atoms with Gasteiger partial charge in [-0.2, -0.15) is 0 Å². The summed E-state index contributed by atoms with van der Waals surface area (Å²) in [4.78, 5) is 4.50. The van der Waals surface area contributed by atoms with E-state index in [0.29, 0.717) is 0 Å². The van der Waals surface area contributed by atoms with Crippen LogP contribution in [0.15, 0.2) is 132 Å². The van der Waals surface area contributed by atoms with E-state index in [-0.39, 0.29) is 0 Å². The van der Waals surface area contributed by atoms with Crippen LogP contribution in [0.2, 0.25) is 0 Å². The van der Waals surface area contributed by atoms with Gasteiger partial charge in [-0.3, -0.25) is 4.98 Å². The second-order valence-electron chi connectivity index (χ2n) is 10.0. The van der Waals surface area contributed by atoms with Gasteiger partial charge in [-0.05, 0) is 42.5 Å². The Morgan fingerprint density at radius 3 is 1.82 bits per heavy atom. The van der Waals surface area contributed by atoms with E-state index in [9.17, 15) is 0 Å². The third kappa shape index (κ3) is 2.65. The van der Waals surface area contributed by atoms with Gasteiger partial charge >= 0.3 is 0 Å². The Morgan fingerprint density at radius 1 is 0.487 bits per heavy atom. The van der Waals surface area contributed by atoms with Crippen LogP contribution in [0.1, 0.15) is 0 Å². The number of hydrogen-bond acceptors (Lipinski definition) is 2. The third-order valence-corrected chi connectivity index (χ3v) is 7.96. The van der Waals surface area contributed by atoms with Gasteiger partial charge in [-0.25, -0.2) is 0 Å². The average Bonchev–Trinajstić information content (AvgIpc) is 3.66. The monoisotopic (exact) mass is 499 g/mol. The first-order valence-corrected chi connectivity index (χ1v) is 13.2. The highest BCUT2D eigenvalue weighted by Gasteiger charge is 2.27. The first kappa shape index (κ1) is 20.7. The standard InChI is InChI=1S/C35H21N3O/c1-2-11-22(12-3-1)37-27-17-7-4-14-24(27)30-31-26-16-6-9-19-29(26)39-35(31)32-25-15-5-8-18-28(25)38(34(32)33(30)37)23-13-10-20-36-21-23/h1-21H. The Hall–Kier alpha value is -5.35. The first-order chi connectivity index (χ1) is 19.4. The van der Waals surface area contributed by atoms with E-state index in [1.54, 1.807) is 0 Å². The molecule has 0 saturated carbocycles. The highest BCUT2D eigenvalue weighted by atomic mass is 16.3. The number of rotatable bonds is 2. The Morgan fingerprint density at radius 2 is 1.08 bits per heavy atom. The SMILES string of the molecule is c1ccc(-n2c3ccccc3c3c4c5ccccc5oc4c4c5ccccc5n(-c5cccnc5)c4c32)cc1. The van der Waals surface area contributed by atoms with Crippen LogP contribution in [0, 0.1) is 0 Å². The van der Waals surface area contributed by atoms with E-state index in [4.69, 9.17) is 4.42 Å². The zero-order valence-electron chi connectivity index (χ0n) is 20.9. The van der Waals surface area contributed by atoms with Gasteiger partial charge in [0.1, 0.15) is 11.2 Å². The van der Waals surface area contributed by atoms with Crippen molar-refractivity contribution in [1.29, 1.82) is 0 Å². The van der Waals surface area contributed by atoms with Crippen molar-refractivity contribution in [2.75, 3.05) is 0 Å². The van der Waals surface area contributed by atoms with Gasteiger partial charge in [-0.15, -0.1) is 0 Å². The summed E-state index contributed by atoms with van der Waals surface area (Å²) in [6.07, 6.45) is 3.77. The lowest BCUT2D eigenvalue weighted by Gasteiger charge is -2.12. The molecule has 9 rings (SSSR count). The third-order valence-electron chi connectivity index (χ3n) is 7.96. The number of aromatic nitrogens is 3. The molecule has 4 nitrogen and oxygen atoms in total. The Kier molecular flexibility index (Phi) is 4.02. The maximum Gasteiger partial charge on any atom is 0.146 e. The molecule has 5 aromatic carbocycles. The van der Waals surface area contributed by atoms with E-state index in [2.05, 4.69) is 117 Å². The van der Waals surface area contributed by atoms with Crippen LogP contribution in [0.4, 0.5) is 0 Å². The number of hydrogen-bond donors (Lipinski definition) is 0. The molecule has 0 atom stereocenters. The summed E-state index contributed by atoms with van der Waals surface area (Å²) < 4.78 is 11.5. The topological polar surface area (TPSA) is 35.9 Å². The van der Waals surface area contributed by atoms with Crippen LogP contribution in [-0.4, -0.2) is 14.1 Å². The van der Waals surface area contributed by atoms with Crippen molar-refractivity contribution < 1.29 is 4.42 Å². The number of fused-ring (bicyclic) bond motifs is 12. The van der Waals surface area contributed by atoms with E-state index >= 15 is 0 Å². The summed E-state index contributed by atoms with van der Waals surface area (Å²) in [6, 6.07) is 40.5. The van der Waals surface area contributed by atoms with Crippen molar-refractivity contribution in [2.45, 2.75) is 0 Å². The molecule has 4 heterocycles. The maximum atomic E-state index is 6.76. The van der Waals surface area contributed by atoms with Gasteiger partial charge in [0.15, 0.2) is 0 Å². The van der Waals surface area contributed by atoms with Crippen LogP contribution in [0.25, 0.3) is 76.9 Å². The molecule has 0 unspecified atom stereocenters. The molecular weight excluding hydrogens is 478 g/mol. The second kappa shape index (κ2) is 7.59. The molecule has 0 bridgehead atoms. The van der Waals surface area contributed by atoms with Gasteiger partial charge in [0.2, 0.25) is 0 Å². The molecule has 0 amide bonds. The van der Waals surface area contributed by atoms with Crippen molar-refractivity contribution >= 4 is 65.6 Å². The summed E-state index contributed by atoms with van der Waals surface area (Å²) in [7, 11) is 0. The lowest BCUT2D eigenvalue weighted by Crippen LogP contribution is -1.99. The van der Waals surface area contributed by atoms with Gasteiger partial charge in [-0.1, -0.05) is 72.8 Å². The fourth-order valence-electron chi connectivity index (χ4n) is 6.48. The average molecular weight is 500 g/mol. The quantitative estimate of drug-likeness (QED) is 0.238.